The van der Waals surface area contributed by atoms with Gasteiger partial charge in [-0.15, -0.1) is 0 Å². The first-order valence-electron chi connectivity index (χ1n) is 8.25. The molecule has 0 radical (unpaired) electrons. The van der Waals surface area contributed by atoms with Gasteiger partial charge in [-0.05, 0) is 54.6 Å². The molecule has 0 saturated heterocycles. The Kier molecular flexibility index (Phi) is 4.90. The predicted molar refractivity (Wildman–Crippen MR) is 85.8 cm³/mol. The van der Waals surface area contributed by atoms with E-state index < -0.39 is 5.60 Å². The van der Waals surface area contributed by atoms with Crippen LogP contribution in [-0.4, -0.2) is 5.11 Å². The molecule has 0 aromatic heterocycles. The fourth-order valence-corrected chi connectivity index (χ4v) is 3.48. The second-order valence-corrected chi connectivity index (χ2v) is 7.24. The van der Waals surface area contributed by atoms with Gasteiger partial charge in [0.2, 0.25) is 0 Å². The van der Waals surface area contributed by atoms with Crippen LogP contribution in [0.1, 0.15) is 76.8 Å². The van der Waals surface area contributed by atoms with E-state index in [0.29, 0.717) is 5.92 Å². The van der Waals surface area contributed by atoms with Crippen LogP contribution >= 0.6 is 0 Å². The summed E-state index contributed by atoms with van der Waals surface area (Å²) in [6, 6.07) is 8.65. The number of rotatable bonds is 3. The molecule has 1 N–H and O–H groups in total. The molecule has 0 bridgehead atoms. The third-order valence-electron chi connectivity index (χ3n) is 5.15. The molecule has 1 fully saturated rings. The van der Waals surface area contributed by atoms with Gasteiger partial charge in [-0.3, -0.25) is 0 Å². The topological polar surface area (TPSA) is 20.2 Å². The average molecular weight is 274 g/mol. The SMILES string of the molecule is CC(C)c1ccc(C2(O)CCCC(C(C)C)CC2)cc1. The van der Waals surface area contributed by atoms with E-state index in [1.165, 1.54) is 12.0 Å². The maximum atomic E-state index is 11.1. The Labute approximate surface area is 124 Å². The van der Waals surface area contributed by atoms with Crippen molar-refractivity contribution in [3.8, 4) is 0 Å². The first-order chi connectivity index (χ1) is 9.42. The zero-order valence-corrected chi connectivity index (χ0v) is 13.5. The van der Waals surface area contributed by atoms with E-state index in [-0.39, 0.29) is 0 Å². The summed E-state index contributed by atoms with van der Waals surface area (Å²) in [5.41, 5.74) is 1.87. The van der Waals surface area contributed by atoms with E-state index in [1.54, 1.807) is 0 Å². The molecule has 1 nitrogen and oxygen atoms in total. The Balaban J connectivity index is 2.13. The van der Waals surface area contributed by atoms with Gasteiger partial charge in [-0.1, -0.05) is 58.4 Å². The highest BCUT2D eigenvalue weighted by Crippen LogP contribution is 2.40. The Morgan fingerprint density at radius 3 is 2.20 bits per heavy atom. The third kappa shape index (κ3) is 3.44. The lowest BCUT2D eigenvalue weighted by Crippen LogP contribution is -2.25. The van der Waals surface area contributed by atoms with Crippen molar-refractivity contribution in [2.75, 3.05) is 0 Å². The molecule has 112 valence electrons. The lowest BCUT2D eigenvalue weighted by molar-refractivity contribution is 0.0191. The number of benzene rings is 1. The Morgan fingerprint density at radius 2 is 1.65 bits per heavy atom. The monoisotopic (exact) mass is 274 g/mol. The summed E-state index contributed by atoms with van der Waals surface area (Å²) >= 11 is 0. The highest BCUT2D eigenvalue weighted by molar-refractivity contribution is 5.29. The Bertz CT molecular complexity index is 418. The minimum atomic E-state index is -0.598. The minimum absolute atomic E-state index is 0.554. The highest BCUT2D eigenvalue weighted by atomic mass is 16.3. The fourth-order valence-electron chi connectivity index (χ4n) is 3.48. The number of aliphatic hydroxyl groups is 1. The van der Waals surface area contributed by atoms with Crippen molar-refractivity contribution in [1.82, 2.24) is 0 Å². The Morgan fingerprint density at radius 1 is 1.00 bits per heavy atom. The fraction of sp³-hybridized carbons (Fsp3) is 0.684. The van der Waals surface area contributed by atoms with Gasteiger partial charge in [-0.25, -0.2) is 0 Å². The van der Waals surface area contributed by atoms with E-state index in [2.05, 4.69) is 52.0 Å². The van der Waals surface area contributed by atoms with E-state index in [0.717, 1.165) is 43.1 Å². The van der Waals surface area contributed by atoms with Gasteiger partial charge >= 0.3 is 0 Å². The van der Waals surface area contributed by atoms with Gasteiger partial charge in [0.05, 0.1) is 5.60 Å². The molecule has 1 aliphatic carbocycles. The summed E-state index contributed by atoms with van der Waals surface area (Å²) in [7, 11) is 0. The van der Waals surface area contributed by atoms with E-state index >= 15 is 0 Å². The molecule has 0 spiro atoms. The normalized spacial score (nSPS) is 27.9. The van der Waals surface area contributed by atoms with Gasteiger partial charge in [-0.2, -0.15) is 0 Å². The summed E-state index contributed by atoms with van der Waals surface area (Å²) in [6.45, 7) is 9.05. The van der Waals surface area contributed by atoms with Crippen molar-refractivity contribution in [2.24, 2.45) is 11.8 Å². The van der Waals surface area contributed by atoms with Crippen molar-refractivity contribution in [3.63, 3.8) is 0 Å². The molecule has 0 heterocycles. The largest absolute Gasteiger partial charge is 0.385 e. The number of hydrogen-bond acceptors (Lipinski definition) is 1. The predicted octanol–water partition coefficient (Wildman–Crippen LogP) is 5.23. The van der Waals surface area contributed by atoms with Crippen LogP contribution in [0.5, 0.6) is 0 Å². The summed E-state index contributed by atoms with van der Waals surface area (Å²) in [5, 5.41) is 11.1. The molecule has 20 heavy (non-hydrogen) atoms. The number of hydrogen-bond donors (Lipinski definition) is 1. The lowest BCUT2D eigenvalue weighted by atomic mass is 9.84. The van der Waals surface area contributed by atoms with E-state index in [4.69, 9.17) is 0 Å². The van der Waals surface area contributed by atoms with Gasteiger partial charge in [0.15, 0.2) is 0 Å². The van der Waals surface area contributed by atoms with E-state index in [9.17, 15) is 5.11 Å². The standard InChI is InChI=1S/C19H30O/c1-14(2)16-6-5-12-19(20,13-11-16)18-9-7-17(8-10-18)15(3)4/h7-10,14-16,20H,5-6,11-13H2,1-4H3. The smallest absolute Gasteiger partial charge is 0.0896 e. The second kappa shape index (κ2) is 6.30. The molecular weight excluding hydrogens is 244 g/mol. The first kappa shape index (κ1) is 15.6. The van der Waals surface area contributed by atoms with Gasteiger partial charge in [0, 0.05) is 0 Å². The zero-order valence-electron chi connectivity index (χ0n) is 13.5. The summed E-state index contributed by atoms with van der Waals surface area (Å²) in [5.74, 6) is 2.07. The quantitative estimate of drug-likeness (QED) is 0.748. The molecule has 0 aliphatic heterocycles. The molecule has 1 saturated carbocycles. The third-order valence-corrected chi connectivity index (χ3v) is 5.15. The van der Waals surface area contributed by atoms with Crippen molar-refractivity contribution in [3.05, 3.63) is 35.4 Å². The van der Waals surface area contributed by atoms with Crippen LogP contribution in [0.25, 0.3) is 0 Å². The second-order valence-electron chi connectivity index (χ2n) is 7.24. The van der Waals surface area contributed by atoms with Crippen molar-refractivity contribution in [1.29, 1.82) is 0 Å². The first-order valence-corrected chi connectivity index (χ1v) is 8.25. The highest BCUT2D eigenvalue weighted by Gasteiger charge is 2.33. The molecule has 2 atom stereocenters. The molecule has 2 rings (SSSR count). The van der Waals surface area contributed by atoms with Crippen LogP contribution in [0.15, 0.2) is 24.3 Å². The Hall–Kier alpha value is -0.820. The minimum Gasteiger partial charge on any atom is -0.385 e. The van der Waals surface area contributed by atoms with Crippen LogP contribution < -0.4 is 0 Å². The molecular formula is C19H30O. The van der Waals surface area contributed by atoms with Crippen LogP contribution in [0, 0.1) is 11.8 Å². The summed E-state index contributed by atoms with van der Waals surface area (Å²) in [6.07, 6.45) is 5.39. The zero-order chi connectivity index (χ0) is 14.8. The van der Waals surface area contributed by atoms with Crippen molar-refractivity contribution < 1.29 is 5.11 Å². The maximum absolute atomic E-state index is 11.1. The molecule has 0 amide bonds. The average Bonchev–Trinajstić information content (AvgIpc) is 2.62. The van der Waals surface area contributed by atoms with Crippen molar-refractivity contribution in [2.45, 2.75) is 71.3 Å². The molecule has 1 heteroatoms. The van der Waals surface area contributed by atoms with Crippen LogP contribution in [0.3, 0.4) is 0 Å². The molecule has 2 unspecified atom stereocenters. The van der Waals surface area contributed by atoms with Crippen LogP contribution in [-0.2, 0) is 5.60 Å². The lowest BCUT2D eigenvalue weighted by Gasteiger charge is -2.28. The molecule has 1 aromatic carbocycles. The van der Waals surface area contributed by atoms with Gasteiger partial charge in [0.25, 0.3) is 0 Å². The van der Waals surface area contributed by atoms with Crippen LogP contribution in [0.4, 0.5) is 0 Å². The molecule has 1 aliphatic rings. The summed E-state index contributed by atoms with van der Waals surface area (Å²) < 4.78 is 0. The van der Waals surface area contributed by atoms with Gasteiger partial charge in [0.1, 0.15) is 0 Å². The van der Waals surface area contributed by atoms with E-state index in [1.807, 2.05) is 0 Å². The van der Waals surface area contributed by atoms with Crippen LogP contribution in [0.2, 0.25) is 0 Å². The van der Waals surface area contributed by atoms with Gasteiger partial charge < -0.3 is 5.11 Å². The molecule has 1 aromatic rings. The van der Waals surface area contributed by atoms with Crippen molar-refractivity contribution >= 4 is 0 Å². The maximum Gasteiger partial charge on any atom is 0.0896 e. The summed E-state index contributed by atoms with van der Waals surface area (Å²) in [4.78, 5) is 0.